The molecule has 0 spiro atoms. The Bertz CT molecular complexity index is 1040. The molecule has 1 saturated heterocycles. The Morgan fingerprint density at radius 2 is 1.80 bits per heavy atom. The average molecular weight is 491 g/mol. The van der Waals surface area contributed by atoms with Gasteiger partial charge in [0.05, 0.1) is 19.3 Å². The summed E-state index contributed by atoms with van der Waals surface area (Å²) in [7, 11) is 1.47. The molecule has 10 atom stereocenters. The largest absolute Gasteiger partial charge is 0.496 e. The van der Waals surface area contributed by atoms with Crippen LogP contribution in [0.25, 0.3) is 0 Å². The second kappa shape index (κ2) is 8.92. The number of ketones is 1. The van der Waals surface area contributed by atoms with Gasteiger partial charge in [-0.2, -0.15) is 0 Å². The third kappa shape index (κ3) is 3.76. The van der Waals surface area contributed by atoms with E-state index in [1.54, 1.807) is 25.1 Å². The highest BCUT2D eigenvalue weighted by Crippen LogP contribution is 2.59. The molecule has 9 nitrogen and oxygen atoms in total. The van der Waals surface area contributed by atoms with Crippen molar-refractivity contribution in [2.24, 2.45) is 11.8 Å². The van der Waals surface area contributed by atoms with Crippen LogP contribution >= 0.6 is 0 Å². The van der Waals surface area contributed by atoms with Crippen LogP contribution in [0.2, 0.25) is 0 Å². The van der Waals surface area contributed by atoms with E-state index in [0.717, 1.165) is 12.0 Å². The molecular formula is C26H34O9. The minimum Gasteiger partial charge on any atom is -0.496 e. The Labute approximate surface area is 203 Å². The molecule has 5 rings (SSSR count). The SMILES string of the molecule is COc1cccc2c1[C@H](O[C@@H]1O[C@@H](C)[C@H](O)[C@H](O)[C@H]1O)[C@@]1(O)CCC3=C(C(=O)C[C@H](C)C3)[C@@H]1[C@H]2O. The predicted molar refractivity (Wildman–Crippen MR) is 122 cm³/mol. The summed E-state index contributed by atoms with van der Waals surface area (Å²) in [6.07, 6.45) is -7.13. The first-order valence-corrected chi connectivity index (χ1v) is 12.3. The molecule has 1 fully saturated rings. The van der Waals surface area contributed by atoms with Gasteiger partial charge in [0.1, 0.15) is 35.8 Å². The van der Waals surface area contributed by atoms with Crippen LogP contribution in [0.4, 0.5) is 0 Å². The first-order valence-electron chi connectivity index (χ1n) is 12.3. The molecule has 9 heteroatoms. The minimum absolute atomic E-state index is 0.0767. The number of allylic oxidation sites excluding steroid dienone is 1. The summed E-state index contributed by atoms with van der Waals surface area (Å²) in [5, 5.41) is 54.8. The van der Waals surface area contributed by atoms with Crippen LogP contribution in [0.1, 0.15) is 62.9 Å². The van der Waals surface area contributed by atoms with Crippen molar-refractivity contribution in [1.29, 1.82) is 0 Å². The summed E-state index contributed by atoms with van der Waals surface area (Å²) in [6.45, 7) is 3.57. The standard InChI is InChI=1S/C26H34O9/c1-11-9-13-7-8-26(32)19(17(13)15(27)10-11)21(29)14-5-4-6-16(33-3)18(14)24(26)35-25-23(31)22(30)20(28)12(2)34-25/h4-6,11-12,19-25,28-32H,7-10H2,1-3H3/t11-,12+,19-,20+,21+,22+,23-,24+,25+,26-/m1/s1. The zero-order chi connectivity index (χ0) is 25.2. The summed E-state index contributed by atoms with van der Waals surface area (Å²) in [5.74, 6) is -0.426. The van der Waals surface area contributed by atoms with Crippen LogP contribution in [0.15, 0.2) is 29.3 Å². The lowest BCUT2D eigenvalue weighted by Gasteiger charge is -2.54. The van der Waals surface area contributed by atoms with Crippen molar-refractivity contribution in [3.8, 4) is 5.75 Å². The zero-order valence-electron chi connectivity index (χ0n) is 20.1. The number of aliphatic hydroxyl groups is 5. The molecule has 5 N–H and O–H groups in total. The summed E-state index contributed by atoms with van der Waals surface area (Å²) < 4.78 is 17.5. The second-order valence-electron chi connectivity index (χ2n) is 10.5. The highest BCUT2D eigenvalue weighted by Gasteiger charge is 2.60. The number of Topliss-reactive ketones (excluding diaryl/α,β-unsaturated/α-hetero) is 1. The highest BCUT2D eigenvalue weighted by molar-refractivity contribution is 5.98. The average Bonchev–Trinajstić information content (AvgIpc) is 2.83. The van der Waals surface area contributed by atoms with Crippen LogP contribution in [0.3, 0.4) is 0 Å². The number of aliphatic hydroxyl groups excluding tert-OH is 4. The van der Waals surface area contributed by atoms with Crippen molar-refractivity contribution in [1.82, 2.24) is 0 Å². The van der Waals surface area contributed by atoms with Crippen molar-refractivity contribution >= 4 is 5.78 Å². The van der Waals surface area contributed by atoms with Crippen LogP contribution in [-0.2, 0) is 14.3 Å². The van der Waals surface area contributed by atoms with Gasteiger partial charge in [-0.25, -0.2) is 0 Å². The monoisotopic (exact) mass is 490 g/mol. The maximum Gasteiger partial charge on any atom is 0.187 e. The predicted octanol–water partition coefficient (Wildman–Crippen LogP) is 1.06. The zero-order valence-corrected chi connectivity index (χ0v) is 20.1. The Morgan fingerprint density at radius 3 is 2.51 bits per heavy atom. The molecule has 0 aromatic heterocycles. The molecule has 0 saturated carbocycles. The molecule has 1 heterocycles. The summed E-state index contributed by atoms with van der Waals surface area (Å²) in [6, 6.07) is 5.12. The molecule has 0 unspecified atom stereocenters. The third-order valence-corrected chi connectivity index (χ3v) is 8.24. The first-order chi connectivity index (χ1) is 16.6. The van der Waals surface area contributed by atoms with E-state index < -0.39 is 54.4 Å². The van der Waals surface area contributed by atoms with E-state index in [4.69, 9.17) is 14.2 Å². The number of carbonyl (C=O) groups excluding carboxylic acids is 1. The number of carbonyl (C=O) groups is 1. The molecular weight excluding hydrogens is 456 g/mol. The van der Waals surface area contributed by atoms with Gasteiger partial charge in [0.25, 0.3) is 0 Å². The van der Waals surface area contributed by atoms with Crippen LogP contribution in [0.5, 0.6) is 5.75 Å². The summed E-state index contributed by atoms with van der Waals surface area (Å²) in [5.41, 5.74) is 0.604. The molecule has 192 valence electrons. The molecule has 1 aromatic carbocycles. The van der Waals surface area contributed by atoms with E-state index in [9.17, 15) is 30.3 Å². The quantitative estimate of drug-likeness (QED) is 0.420. The van der Waals surface area contributed by atoms with Gasteiger partial charge in [-0.15, -0.1) is 0 Å². The highest BCUT2D eigenvalue weighted by atomic mass is 16.7. The van der Waals surface area contributed by atoms with Crippen LogP contribution in [-0.4, -0.2) is 74.7 Å². The molecule has 0 bridgehead atoms. The van der Waals surface area contributed by atoms with Crippen LogP contribution < -0.4 is 4.74 Å². The van der Waals surface area contributed by atoms with Gasteiger partial charge in [0.2, 0.25) is 0 Å². The number of benzene rings is 1. The molecule has 35 heavy (non-hydrogen) atoms. The maximum atomic E-state index is 13.2. The fraction of sp³-hybridized carbons (Fsp3) is 0.654. The molecule has 0 amide bonds. The van der Waals surface area contributed by atoms with E-state index in [1.807, 2.05) is 6.92 Å². The minimum atomic E-state index is -1.70. The Balaban J connectivity index is 1.64. The van der Waals surface area contributed by atoms with Crippen molar-refractivity contribution < 1.29 is 44.5 Å². The van der Waals surface area contributed by atoms with Gasteiger partial charge in [0.15, 0.2) is 12.1 Å². The summed E-state index contributed by atoms with van der Waals surface area (Å²) in [4.78, 5) is 13.2. The van der Waals surface area contributed by atoms with Gasteiger partial charge in [-0.05, 0) is 43.7 Å². The Morgan fingerprint density at radius 1 is 1.06 bits per heavy atom. The van der Waals surface area contributed by atoms with E-state index in [1.165, 1.54) is 7.11 Å². The van der Waals surface area contributed by atoms with Crippen LogP contribution in [0, 0.1) is 11.8 Å². The summed E-state index contributed by atoms with van der Waals surface area (Å²) >= 11 is 0. The normalized spacial score (nSPS) is 43.3. The van der Waals surface area contributed by atoms with Crippen molar-refractivity contribution in [3.05, 3.63) is 40.5 Å². The van der Waals surface area contributed by atoms with E-state index in [-0.39, 0.29) is 18.1 Å². The smallest absolute Gasteiger partial charge is 0.187 e. The topological polar surface area (TPSA) is 146 Å². The number of hydrogen-bond acceptors (Lipinski definition) is 9. The van der Waals surface area contributed by atoms with Gasteiger partial charge in [-0.3, -0.25) is 4.79 Å². The lowest BCUT2D eigenvalue weighted by molar-refractivity contribution is -0.326. The molecule has 3 aliphatic carbocycles. The Kier molecular flexibility index (Phi) is 6.32. The van der Waals surface area contributed by atoms with Crippen molar-refractivity contribution in [2.45, 2.75) is 88.0 Å². The van der Waals surface area contributed by atoms with Gasteiger partial charge in [-0.1, -0.05) is 24.6 Å². The fourth-order valence-corrected chi connectivity index (χ4v) is 6.49. The van der Waals surface area contributed by atoms with Gasteiger partial charge < -0.3 is 39.7 Å². The van der Waals surface area contributed by atoms with Gasteiger partial charge >= 0.3 is 0 Å². The number of hydrogen-bond donors (Lipinski definition) is 5. The second-order valence-corrected chi connectivity index (χ2v) is 10.5. The molecule has 1 aromatic rings. The third-order valence-electron chi connectivity index (χ3n) is 8.24. The number of methoxy groups -OCH3 is 1. The lowest BCUT2D eigenvalue weighted by atomic mass is 9.57. The number of rotatable bonds is 3. The fourth-order valence-electron chi connectivity index (χ4n) is 6.49. The number of fused-ring (bicyclic) bond motifs is 3. The first kappa shape index (κ1) is 24.8. The molecule has 0 radical (unpaired) electrons. The van der Waals surface area contributed by atoms with E-state index >= 15 is 0 Å². The van der Waals surface area contributed by atoms with E-state index in [0.29, 0.717) is 35.3 Å². The van der Waals surface area contributed by atoms with E-state index in [2.05, 4.69) is 0 Å². The van der Waals surface area contributed by atoms with Crippen molar-refractivity contribution in [3.63, 3.8) is 0 Å². The molecule has 4 aliphatic rings. The lowest BCUT2D eigenvalue weighted by Crippen LogP contribution is -2.60. The Hall–Kier alpha value is -1.85. The maximum absolute atomic E-state index is 13.2. The molecule has 1 aliphatic heterocycles. The van der Waals surface area contributed by atoms with Crippen molar-refractivity contribution in [2.75, 3.05) is 7.11 Å². The van der Waals surface area contributed by atoms with Gasteiger partial charge in [0, 0.05) is 23.5 Å². The number of ether oxygens (including phenoxy) is 3.